The van der Waals surface area contributed by atoms with Crippen molar-refractivity contribution in [1.82, 2.24) is 5.32 Å². The molecule has 0 aliphatic carbocycles. The number of amides is 1. The summed E-state index contributed by atoms with van der Waals surface area (Å²) in [6, 6.07) is 13.0. The maximum Gasteiger partial charge on any atom is 0.251 e. The second-order valence-electron chi connectivity index (χ2n) is 6.15. The highest BCUT2D eigenvalue weighted by Crippen LogP contribution is 2.26. The molecule has 2 aromatic rings. The highest BCUT2D eigenvalue weighted by atomic mass is 32.2. The SMILES string of the molecule is Cc1ccccc1C(=O)NCCN(c1c(C)cccc1C)S(C)(=O)=O. The van der Waals surface area contributed by atoms with E-state index in [1.54, 1.807) is 12.1 Å². The Bertz CT molecular complexity index is 856. The van der Waals surface area contributed by atoms with Crippen molar-refractivity contribution in [3.63, 3.8) is 0 Å². The first-order valence-electron chi connectivity index (χ1n) is 8.09. The molecule has 6 heteroatoms. The molecule has 1 N–H and O–H groups in total. The first-order valence-corrected chi connectivity index (χ1v) is 9.94. The molecule has 0 bridgehead atoms. The van der Waals surface area contributed by atoms with Crippen LogP contribution in [-0.4, -0.2) is 33.7 Å². The molecule has 0 atom stereocenters. The van der Waals surface area contributed by atoms with Crippen LogP contribution in [0.3, 0.4) is 0 Å². The van der Waals surface area contributed by atoms with E-state index >= 15 is 0 Å². The Morgan fingerprint density at radius 3 is 2.08 bits per heavy atom. The van der Waals surface area contributed by atoms with Gasteiger partial charge in [-0.3, -0.25) is 9.10 Å². The smallest absolute Gasteiger partial charge is 0.251 e. The van der Waals surface area contributed by atoms with Gasteiger partial charge in [-0.2, -0.15) is 0 Å². The maximum absolute atomic E-state index is 12.3. The van der Waals surface area contributed by atoms with Crippen LogP contribution in [0.2, 0.25) is 0 Å². The number of sulfonamides is 1. The molecule has 0 aliphatic heterocycles. The molecule has 1 amide bonds. The van der Waals surface area contributed by atoms with Gasteiger partial charge in [-0.25, -0.2) is 8.42 Å². The van der Waals surface area contributed by atoms with Gasteiger partial charge in [0.1, 0.15) is 0 Å². The van der Waals surface area contributed by atoms with E-state index in [9.17, 15) is 13.2 Å². The monoisotopic (exact) mass is 360 g/mol. The minimum atomic E-state index is -3.45. The lowest BCUT2D eigenvalue weighted by atomic mass is 10.1. The van der Waals surface area contributed by atoms with Gasteiger partial charge >= 0.3 is 0 Å². The number of aryl methyl sites for hydroxylation is 3. The van der Waals surface area contributed by atoms with Crippen LogP contribution in [0.1, 0.15) is 27.0 Å². The molecule has 0 spiro atoms. The second-order valence-corrected chi connectivity index (χ2v) is 8.05. The zero-order valence-corrected chi connectivity index (χ0v) is 15.9. The van der Waals surface area contributed by atoms with Crippen LogP contribution in [0.25, 0.3) is 0 Å². The Labute approximate surface area is 149 Å². The van der Waals surface area contributed by atoms with Crippen molar-refractivity contribution in [2.45, 2.75) is 20.8 Å². The Kier molecular flexibility index (Phi) is 5.85. The van der Waals surface area contributed by atoms with Crippen LogP contribution in [0.5, 0.6) is 0 Å². The summed E-state index contributed by atoms with van der Waals surface area (Å²) in [6.07, 6.45) is 1.18. The minimum Gasteiger partial charge on any atom is -0.350 e. The summed E-state index contributed by atoms with van der Waals surface area (Å²) < 4.78 is 25.9. The van der Waals surface area contributed by atoms with E-state index in [1.165, 1.54) is 10.6 Å². The Balaban J connectivity index is 2.15. The molecule has 2 aromatic carbocycles. The fourth-order valence-electron chi connectivity index (χ4n) is 2.84. The Morgan fingerprint density at radius 1 is 0.960 bits per heavy atom. The van der Waals surface area contributed by atoms with Crippen LogP contribution in [0.4, 0.5) is 5.69 Å². The standard InChI is InChI=1S/C19H24N2O3S/c1-14-8-5-6-11-17(14)19(22)20-12-13-21(25(4,23)24)18-15(2)9-7-10-16(18)3/h5-11H,12-13H2,1-4H3,(H,20,22). The predicted molar refractivity (Wildman–Crippen MR) is 102 cm³/mol. The Morgan fingerprint density at radius 2 is 1.52 bits per heavy atom. The van der Waals surface area contributed by atoms with Gasteiger partial charge in [-0.1, -0.05) is 36.4 Å². The number of nitrogens with one attached hydrogen (secondary N) is 1. The van der Waals surface area contributed by atoms with Crippen molar-refractivity contribution in [3.05, 3.63) is 64.7 Å². The number of rotatable bonds is 6. The van der Waals surface area contributed by atoms with Gasteiger partial charge in [0.05, 0.1) is 18.5 Å². The quantitative estimate of drug-likeness (QED) is 0.861. The highest BCUT2D eigenvalue weighted by molar-refractivity contribution is 7.92. The molecule has 134 valence electrons. The van der Waals surface area contributed by atoms with Gasteiger partial charge in [0.15, 0.2) is 0 Å². The number of anilines is 1. The summed E-state index contributed by atoms with van der Waals surface area (Å²) in [5, 5.41) is 2.81. The number of hydrogen-bond acceptors (Lipinski definition) is 3. The van der Waals surface area contributed by atoms with Crippen molar-refractivity contribution in [3.8, 4) is 0 Å². The lowest BCUT2D eigenvalue weighted by Crippen LogP contribution is -2.39. The first-order chi connectivity index (χ1) is 11.7. The number of hydrogen-bond donors (Lipinski definition) is 1. The van der Waals surface area contributed by atoms with E-state index in [-0.39, 0.29) is 19.0 Å². The highest BCUT2D eigenvalue weighted by Gasteiger charge is 2.21. The number of carbonyl (C=O) groups excluding carboxylic acids is 1. The average molecular weight is 360 g/mol. The molecule has 0 unspecified atom stereocenters. The third kappa shape index (κ3) is 4.60. The normalized spacial score (nSPS) is 11.2. The van der Waals surface area contributed by atoms with Crippen LogP contribution < -0.4 is 9.62 Å². The number of para-hydroxylation sites is 1. The summed E-state index contributed by atoms with van der Waals surface area (Å²) >= 11 is 0. The summed E-state index contributed by atoms with van der Waals surface area (Å²) in [6.45, 7) is 6.05. The van der Waals surface area contributed by atoms with Gasteiger partial charge in [0.2, 0.25) is 10.0 Å². The summed E-state index contributed by atoms with van der Waals surface area (Å²) in [4.78, 5) is 12.3. The molecule has 0 aromatic heterocycles. The largest absolute Gasteiger partial charge is 0.350 e. The molecular weight excluding hydrogens is 336 g/mol. The zero-order valence-electron chi connectivity index (χ0n) is 15.0. The fraction of sp³-hybridized carbons (Fsp3) is 0.316. The third-order valence-corrected chi connectivity index (χ3v) is 5.25. The van der Waals surface area contributed by atoms with Crippen LogP contribution in [-0.2, 0) is 10.0 Å². The molecule has 0 heterocycles. The van der Waals surface area contributed by atoms with E-state index in [4.69, 9.17) is 0 Å². The van der Waals surface area contributed by atoms with E-state index in [1.807, 2.05) is 51.1 Å². The fourth-order valence-corrected chi connectivity index (χ4v) is 3.88. The minimum absolute atomic E-state index is 0.183. The third-order valence-electron chi connectivity index (χ3n) is 4.08. The summed E-state index contributed by atoms with van der Waals surface area (Å²) in [7, 11) is -3.45. The number of carbonyl (C=O) groups is 1. The molecule has 25 heavy (non-hydrogen) atoms. The van der Waals surface area contributed by atoms with E-state index < -0.39 is 10.0 Å². The average Bonchev–Trinajstić information content (AvgIpc) is 2.52. The van der Waals surface area contributed by atoms with E-state index in [0.717, 1.165) is 16.7 Å². The Hall–Kier alpha value is -2.34. The lowest BCUT2D eigenvalue weighted by molar-refractivity contribution is 0.0954. The van der Waals surface area contributed by atoms with Gasteiger partial charge < -0.3 is 5.32 Å². The van der Waals surface area contributed by atoms with Gasteiger partial charge in [-0.15, -0.1) is 0 Å². The topological polar surface area (TPSA) is 66.5 Å². The summed E-state index contributed by atoms with van der Waals surface area (Å²) in [5.74, 6) is -0.201. The van der Waals surface area contributed by atoms with Crippen LogP contribution >= 0.6 is 0 Å². The van der Waals surface area contributed by atoms with Crippen molar-refractivity contribution in [2.75, 3.05) is 23.7 Å². The van der Waals surface area contributed by atoms with Gasteiger partial charge in [0.25, 0.3) is 5.91 Å². The second kappa shape index (κ2) is 7.70. The molecule has 0 aliphatic rings. The lowest BCUT2D eigenvalue weighted by Gasteiger charge is -2.26. The molecule has 0 saturated heterocycles. The molecular formula is C19H24N2O3S. The maximum atomic E-state index is 12.3. The first kappa shape index (κ1) is 19.0. The summed E-state index contributed by atoms with van der Waals surface area (Å²) in [5.41, 5.74) is 3.93. The molecule has 0 saturated carbocycles. The zero-order chi connectivity index (χ0) is 18.6. The number of nitrogens with zero attached hydrogens (tertiary/aromatic N) is 1. The van der Waals surface area contributed by atoms with Crippen molar-refractivity contribution in [2.24, 2.45) is 0 Å². The molecule has 2 rings (SSSR count). The molecule has 0 radical (unpaired) electrons. The van der Waals surface area contributed by atoms with Crippen molar-refractivity contribution < 1.29 is 13.2 Å². The van der Waals surface area contributed by atoms with Crippen LogP contribution in [0.15, 0.2) is 42.5 Å². The van der Waals surface area contributed by atoms with Crippen molar-refractivity contribution in [1.29, 1.82) is 0 Å². The van der Waals surface area contributed by atoms with E-state index in [0.29, 0.717) is 11.3 Å². The molecule has 0 fully saturated rings. The predicted octanol–water partition coefficient (Wildman–Crippen LogP) is 2.81. The van der Waals surface area contributed by atoms with Crippen LogP contribution in [0, 0.1) is 20.8 Å². The molecule has 5 nitrogen and oxygen atoms in total. The van der Waals surface area contributed by atoms with Crippen molar-refractivity contribution >= 4 is 21.6 Å². The van der Waals surface area contributed by atoms with Gasteiger partial charge in [0, 0.05) is 12.1 Å². The van der Waals surface area contributed by atoms with E-state index in [2.05, 4.69) is 5.32 Å². The number of benzene rings is 2. The van der Waals surface area contributed by atoms with Gasteiger partial charge in [-0.05, 0) is 43.5 Å².